The van der Waals surface area contributed by atoms with Crippen molar-refractivity contribution in [1.29, 1.82) is 0 Å². The van der Waals surface area contributed by atoms with Crippen molar-refractivity contribution in [1.82, 2.24) is 15.5 Å². The Hall–Kier alpha value is -3.82. The molecule has 0 bridgehead atoms. The summed E-state index contributed by atoms with van der Waals surface area (Å²) in [5.74, 6) is 0.0429. The summed E-state index contributed by atoms with van der Waals surface area (Å²) < 4.78 is 24.4. The van der Waals surface area contributed by atoms with Gasteiger partial charge in [-0.1, -0.05) is 12.1 Å². The van der Waals surface area contributed by atoms with Crippen LogP contribution in [-0.2, 0) is 16.0 Å². The molecule has 188 valence electrons. The maximum atomic E-state index is 13.8. The Balaban J connectivity index is 1.57. The number of methoxy groups -OCH3 is 2. The summed E-state index contributed by atoms with van der Waals surface area (Å²) in [6, 6.07) is 9.96. The third kappa shape index (κ3) is 7.33. The number of carbonyl (C=O) groups is 3. The van der Waals surface area contributed by atoms with Crippen molar-refractivity contribution in [3.05, 3.63) is 53.8 Å². The summed E-state index contributed by atoms with van der Waals surface area (Å²) in [5.41, 5.74) is 0.898. The van der Waals surface area contributed by atoms with Crippen molar-refractivity contribution < 1.29 is 28.2 Å². The third-order valence-electron chi connectivity index (χ3n) is 5.79. The molecular formula is C25H31FN4O5. The highest BCUT2D eigenvalue weighted by molar-refractivity contribution is 5.89. The van der Waals surface area contributed by atoms with Gasteiger partial charge in [0.1, 0.15) is 23.4 Å². The van der Waals surface area contributed by atoms with E-state index >= 15 is 0 Å². The normalized spacial score (nSPS) is 14.6. The molecule has 0 unspecified atom stereocenters. The van der Waals surface area contributed by atoms with E-state index in [1.54, 1.807) is 49.5 Å². The minimum atomic E-state index is -0.785. The van der Waals surface area contributed by atoms with Gasteiger partial charge in [-0.25, -0.2) is 9.18 Å². The molecule has 0 aromatic heterocycles. The van der Waals surface area contributed by atoms with Gasteiger partial charge in [0.05, 0.1) is 19.9 Å². The molecule has 3 N–H and O–H groups in total. The maximum absolute atomic E-state index is 13.8. The number of ether oxygens (including phenoxy) is 2. The van der Waals surface area contributed by atoms with Gasteiger partial charge in [0.15, 0.2) is 0 Å². The molecule has 10 heteroatoms. The zero-order valence-corrected chi connectivity index (χ0v) is 20.1. The van der Waals surface area contributed by atoms with Crippen LogP contribution in [0.2, 0.25) is 0 Å². The second-order valence-corrected chi connectivity index (χ2v) is 8.36. The lowest BCUT2D eigenvalue weighted by atomic mass is 10.0. The van der Waals surface area contributed by atoms with E-state index in [0.717, 1.165) is 5.56 Å². The van der Waals surface area contributed by atoms with E-state index in [-0.39, 0.29) is 36.0 Å². The van der Waals surface area contributed by atoms with Crippen LogP contribution in [0.1, 0.15) is 25.3 Å². The van der Waals surface area contributed by atoms with Gasteiger partial charge in [0.2, 0.25) is 11.8 Å². The molecule has 4 amide bonds. The second-order valence-electron chi connectivity index (χ2n) is 8.36. The number of amides is 4. The molecule has 1 heterocycles. The van der Waals surface area contributed by atoms with Crippen LogP contribution in [0.15, 0.2) is 42.5 Å². The Bertz CT molecular complexity index is 1030. The standard InChI is InChI=1S/C25H31FN4O5/c1-16(31)27-23(14-17-12-19(34-2)15-20(13-17)35-3)24(32)28-18-8-10-30(11-9-18)25(33)29-22-7-5-4-6-21(22)26/h4-7,12-13,15,18,23H,8-11,14H2,1-3H3,(H,27,31)(H,28,32)(H,29,33)/t23-/m0/s1. The molecule has 1 aliphatic rings. The van der Waals surface area contributed by atoms with Gasteiger partial charge in [0, 0.05) is 38.5 Å². The van der Waals surface area contributed by atoms with Gasteiger partial charge in [-0.15, -0.1) is 0 Å². The topological polar surface area (TPSA) is 109 Å². The number of nitrogens with one attached hydrogen (secondary N) is 3. The van der Waals surface area contributed by atoms with Crippen molar-refractivity contribution in [2.45, 2.75) is 38.3 Å². The largest absolute Gasteiger partial charge is 0.497 e. The number of piperidine rings is 1. The average Bonchev–Trinajstić information content (AvgIpc) is 2.84. The molecule has 1 atom stereocenters. The van der Waals surface area contributed by atoms with Gasteiger partial charge in [-0.2, -0.15) is 0 Å². The van der Waals surface area contributed by atoms with Crippen LogP contribution in [0.4, 0.5) is 14.9 Å². The fraction of sp³-hybridized carbons (Fsp3) is 0.400. The van der Waals surface area contributed by atoms with Crippen LogP contribution in [0.3, 0.4) is 0 Å². The van der Waals surface area contributed by atoms with Crippen molar-refractivity contribution in [2.75, 3.05) is 32.6 Å². The molecule has 9 nitrogen and oxygen atoms in total. The van der Waals surface area contributed by atoms with Crippen molar-refractivity contribution >= 4 is 23.5 Å². The number of anilines is 1. The van der Waals surface area contributed by atoms with E-state index in [4.69, 9.17) is 9.47 Å². The maximum Gasteiger partial charge on any atom is 0.321 e. The number of hydrogen-bond donors (Lipinski definition) is 3. The number of rotatable bonds is 8. The predicted molar refractivity (Wildman–Crippen MR) is 129 cm³/mol. The SMILES string of the molecule is COc1cc(C[C@H](NC(C)=O)C(=O)NC2CCN(C(=O)Nc3ccccc3F)CC2)cc(OC)c1. The zero-order valence-electron chi connectivity index (χ0n) is 20.1. The van der Waals surface area contributed by atoms with Gasteiger partial charge in [0.25, 0.3) is 0 Å². The first-order chi connectivity index (χ1) is 16.8. The molecule has 1 fully saturated rings. The van der Waals surface area contributed by atoms with Crippen LogP contribution in [-0.4, -0.2) is 62.1 Å². The van der Waals surface area contributed by atoms with Gasteiger partial charge in [-0.3, -0.25) is 9.59 Å². The van der Waals surface area contributed by atoms with E-state index in [1.165, 1.54) is 19.1 Å². The predicted octanol–water partition coefficient (Wildman–Crippen LogP) is 2.70. The highest BCUT2D eigenvalue weighted by Gasteiger charge is 2.27. The number of carbonyl (C=O) groups excluding carboxylic acids is 3. The molecule has 0 radical (unpaired) electrons. The quantitative estimate of drug-likeness (QED) is 0.532. The van der Waals surface area contributed by atoms with Crippen LogP contribution in [0.25, 0.3) is 0 Å². The summed E-state index contributed by atoms with van der Waals surface area (Å²) >= 11 is 0. The highest BCUT2D eigenvalue weighted by Crippen LogP contribution is 2.23. The molecule has 35 heavy (non-hydrogen) atoms. The summed E-state index contributed by atoms with van der Waals surface area (Å²) in [6.45, 7) is 2.17. The first-order valence-electron chi connectivity index (χ1n) is 11.4. The summed E-state index contributed by atoms with van der Waals surface area (Å²) in [6.07, 6.45) is 1.33. The summed E-state index contributed by atoms with van der Waals surface area (Å²) in [4.78, 5) is 38.9. The molecule has 0 saturated carbocycles. The van der Waals surface area contributed by atoms with Gasteiger partial charge < -0.3 is 30.3 Å². The number of benzene rings is 2. The minimum absolute atomic E-state index is 0.125. The number of nitrogens with zero attached hydrogens (tertiary/aromatic N) is 1. The monoisotopic (exact) mass is 486 g/mol. The molecule has 3 rings (SSSR count). The van der Waals surface area contributed by atoms with E-state index in [1.807, 2.05) is 0 Å². The molecule has 1 aliphatic heterocycles. The summed E-state index contributed by atoms with van der Waals surface area (Å²) in [7, 11) is 3.08. The van der Waals surface area contributed by atoms with Crippen LogP contribution < -0.4 is 25.4 Å². The smallest absolute Gasteiger partial charge is 0.321 e. The Morgan fingerprint density at radius 3 is 2.26 bits per heavy atom. The molecule has 0 aliphatic carbocycles. The van der Waals surface area contributed by atoms with E-state index in [0.29, 0.717) is 37.4 Å². The van der Waals surface area contributed by atoms with E-state index in [9.17, 15) is 18.8 Å². The fourth-order valence-electron chi connectivity index (χ4n) is 3.96. The number of urea groups is 1. The second kappa shape index (κ2) is 12.0. The average molecular weight is 487 g/mol. The van der Waals surface area contributed by atoms with E-state index in [2.05, 4.69) is 16.0 Å². The van der Waals surface area contributed by atoms with E-state index < -0.39 is 11.9 Å². The molecule has 2 aromatic carbocycles. The lowest BCUT2D eigenvalue weighted by molar-refractivity contribution is -0.128. The third-order valence-corrected chi connectivity index (χ3v) is 5.79. The number of hydrogen-bond acceptors (Lipinski definition) is 5. The first-order valence-corrected chi connectivity index (χ1v) is 11.4. The van der Waals surface area contributed by atoms with Crippen molar-refractivity contribution in [3.63, 3.8) is 0 Å². The van der Waals surface area contributed by atoms with Crippen molar-refractivity contribution in [2.24, 2.45) is 0 Å². The molecule has 1 saturated heterocycles. The Labute approximate surface area is 204 Å². The van der Waals surface area contributed by atoms with Crippen LogP contribution in [0, 0.1) is 5.82 Å². The number of halogens is 1. The van der Waals surface area contributed by atoms with Crippen LogP contribution in [0.5, 0.6) is 11.5 Å². The summed E-state index contributed by atoms with van der Waals surface area (Å²) in [5, 5.41) is 8.27. The Kier molecular flexibility index (Phi) is 8.88. The Morgan fingerprint density at radius 2 is 1.69 bits per heavy atom. The molecule has 0 spiro atoms. The van der Waals surface area contributed by atoms with Gasteiger partial charge in [-0.05, 0) is 42.7 Å². The van der Waals surface area contributed by atoms with Crippen molar-refractivity contribution in [3.8, 4) is 11.5 Å². The first kappa shape index (κ1) is 25.8. The van der Waals surface area contributed by atoms with Crippen LogP contribution >= 0.6 is 0 Å². The highest BCUT2D eigenvalue weighted by atomic mass is 19.1. The number of para-hydroxylation sites is 1. The lowest BCUT2D eigenvalue weighted by Gasteiger charge is -2.33. The lowest BCUT2D eigenvalue weighted by Crippen LogP contribution is -2.53. The fourth-order valence-corrected chi connectivity index (χ4v) is 3.96. The number of likely N-dealkylation sites (tertiary alicyclic amines) is 1. The molecule has 2 aromatic rings. The molecular weight excluding hydrogens is 455 g/mol. The van der Waals surface area contributed by atoms with Gasteiger partial charge >= 0.3 is 6.03 Å². The zero-order chi connectivity index (χ0) is 25.4. The Morgan fingerprint density at radius 1 is 1.06 bits per heavy atom. The minimum Gasteiger partial charge on any atom is -0.497 e.